The fourth-order valence-electron chi connectivity index (χ4n) is 4.80. The van der Waals surface area contributed by atoms with Gasteiger partial charge >= 0.3 is 0 Å². The number of carbonyl (C=O) groups excluding carboxylic acids is 1. The van der Waals surface area contributed by atoms with Crippen molar-refractivity contribution in [2.24, 2.45) is 0 Å². The Hall–Kier alpha value is -3.89. The molecule has 0 spiro atoms. The molecule has 1 N–H and O–H groups in total. The summed E-state index contributed by atoms with van der Waals surface area (Å²) >= 11 is 6.45. The second-order valence-electron chi connectivity index (χ2n) is 9.59. The number of fused-ring (bicyclic) bond motifs is 1. The number of hydrogen-bond donors (Lipinski definition) is 1. The number of carbonyl (C=O) groups is 1. The van der Waals surface area contributed by atoms with Crippen LogP contribution in [0.25, 0.3) is 22.2 Å². The number of nitrogens with zero attached hydrogens (tertiary/aromatic N) is 2. The first-order valence-corrected chi connectivity index (χ1v) is 13.6. The van der Waals surface area contributed by atoms with Gasteiger partial charge in [0, 0.05) is 18.0 Å². The molecule has 0 aliphatic rings. The first-order chi connectivity index (χ1) is 18.7. The van der Waals surface area contributed by atoms with E-state index in [4.69, 9.17) is 16.6 Å². The number of unbranched alkanes of at least 4 members (excludes halogenated alkanes) is 2. The van der Waals surface area contributed by atoms with Crippen LogP contribution in [0.3, 0.4) is 0 Å². The molecule has 0 bridgehead atoms. The number of nitrogens with one attached hydrogen (secondary N) is 1. The number of halogens is 1. The summed E-state index contributed by atoms with van der Waals surface area (Å²) in [5, 5.41) is 3.85. The van der Waals surface area contributed by atoms with E-state index in [9.17, 15) is 4.79 Å². The molecule has 0 radical (unpaired) electrons. The number of para-hydroxylation sites is 2. The topological polar surface area (TPSA) is 46.9 Å². The lowest BCUT2D eigenvalue weighted by molar-refractivity contribution is -0.120. The zero-order valence-corrected chi connectivity index (χ0v) is 22.2. The monoisotopic (exact) mass is 521 g/mol. The summed E-state index contributed by atoms with van der Waals surface area (Å²) in [6, 6.07) is 34.8. The first kappa shape index (κ1) is 25.7. The van der Waals surface area contributed by atoms with E-state index in [1.54, 1.807) is 0 Å². The standard InChI is InChI=1S/C33H32ClN3O/c34-29-14-7-6-13-28(29)24-37-31-16-9-8-15-30(31)36-32(37)17-5-2-10-22-35-33(38)23-25-18-20-27(21-19-25)26-11-3-1-4-12-26/h1,3-4,6-9,11-16,18-21H,2,5,10,17,22-24H2,(H,35,38). The van der Waals surface area contributed by atoms with Crippen LogP contribution in [0.2, 0.25) is 5.02 Å². The van der Waals surface area contributed by atoms with Crippen LogP contribution < -0.4 is 5.32 Å². The summed E-state index contributed by atoms with van der Waals surface area (Å²) in [5.74, 6) is 1.15. The summed E-state index contributed by atoms with van der Waals surface area (Å²) in [6.45, 7) is 1.40. The summed E-state index contributed by atoms with van der Waals surface area (Å²) in [7, 11) is 0. The molecule has 5 rings (SSSR count). The zero-order chi connectivity index (χ0) is 26.2. The number of aryl methyl sites for hydroxylation is 1. The predicted molar refractivity (Wildman–Crippen MR) is 156 cm³/mol. The number of hydrogen-bond acceptors (Lipinski definition) is 2. The zero-order valence-electron chi connectivity index (χ0n) is 21.4. The van der Waals surface area contributed by atoms with Crippen LogP contribution in [0, 0.1) is 0 Å². The molecule has 38 heavy (non-hydrogen) atoms. The molecule has 4 aromatic carbocycles. The van der Waals surface area contributed by atoms with Crippen LogP contribution in [0.15, 0.2) is 103 Å². The van der Waals surface area contributed by atoms with Gasteiger partial charge in [-0.2, -0.15) is 0 Å². The maximum absolute atomic E-state index is 12.4. The molecule has 1 aromatic heterocycles. The highest BCUT2D eigenvalue weighted by Gasteiger charge is 2.12. The molecule has 0 aliphatic carbocycles. The van der Waals surface area contributed by atoms with E-state index >= 15 is 0 Å². The largest absolute Gasteiger partial charge is 0.356 e. The van der Waals surface area contributed by atoms with Gasteiger partial charge in [-0.25, -0.2) is 4.98 Å². The number of imidazole rings is 1. The third kappa shape index (κ3) is 6.51. The van der Waals surface area contributed by atoms with Gasteiger partial charge in [0.05, 0.1) is 24.0 Å². The number of aromatic nitrogens is 2. The van der Waals surface area contributed by atoms with Gasteiger partial charge in [-0.05, 0) is 53.3 Å². The molecule has 0 aliphatic heterocycles. The molecule has 0 atom stereocenters. The normalized spacial score (nSPS) is 11.1. The average Bonchev–Trinajstić information content (AvgIpc) is 3.30. The smallest absolute Gasteiger partial charge is 0.224 e. The van der Waals surface area contributed by atoms with E-state index in [1.807, 2.05) is 54.6 Å². The number of amides is 1. The Balaban J connectivity index is 1.08. The van der Waals surface area contributed by atoms with Crippen molar-refractivity contribution in [2.75, 3.05) is 6.54 Å². The SMILES string of the molecule is O=C(Cc1ccc(-c2ccccc2)cc1)NCCCCCc1nc2ccccc2n1Cc1ccccc1Cl. The molecular formula is C33H32ClN3O. The van der Waals surface area contributed by atoms with Gasteiger partial charge in [-0.3, -0.25) is 4.79 Å². The van der Waals surface area contributed by atoms with Crippen molar-refractivity contribution in [3.05, 3.63) is 125 Å². The summed E-state index contributed by atoms with van der Waals surface area (Å²) < 4.78 is 2.28. The summed E-state index contributed by atoms with van der Waals surface area (Å²) in [4.78, 5) is 17.3. The van der Waals surface area contributed by atoms with E-state index < -0.39 is 0 Å². The molecule has 5 heteroatoms. The minimum absolute atomic E-state index is 0.0685. The van der Waals surface area contributed by atoms with E-state index in [0.717, 1.165) is 64.3 Å². The van der Waals surface area contributed by atoms with Crippen molar-refractivity contribution < 1.29 is 4.79 Å². The van der Waals surface area contributed by atoms with Crippen molar-refractivity contribution in [1.82, 2.24) is 14.9 Å². The van der Waals surface area contributed by atoms with Crippen LogP contribution in [0.1, 0.15) is 36.2 Å². The van der Waals surface area contributed by atoms with Crippen molar-refractivity contribution in [1.29, 1.82) is 0 Å². The number of benzene rings is 4. The maximum atomic E-state index is 12.4. The van der Waals surface area contributed by atoms with Gasteiger partial charge in [0.2, 0.25) is 5.91 Å². The molecule has 0 fully saturated rings. The first-order valence-electron chi connectivity index (χ1n) is 13.3. The van der Waals surface area contributed by atoms with Crippen LogP contribution in [-0.2, 0) is 24.2 Å². The molecule has 192 valence electrons. The minimum atomic E-state index is 0.0685. The molecule has 0 saturated heterocycles. The maximum Gasteiger partial charge on any atom is 0.224 e. The molecular weight excluding hydrogens is 490 g/mol. The minimum Gasteiger partial charge on any atom is -0.356 e. The van der Waals surface area contributed by atoms with Crippen molar-refractivity contribution in [3.63, 3.8) is 0 Å². The second-order valence-corrected chi connectivity index (χ2v) is 10.0. The second kappa shape index (κ2) is 12.6. The van der Waals surface area contributed by atoms with Crippen LogP contribution in [0.5, 0.6) is 0 Å². The fraction of sp³-hybridized carbons (Fsp3) is 0.212. The molecule has 1 heterocycles. The molecule has 1 amide bonds. The van der Waals surface area contributed by atoms with E-state index in [0.29, 0.717) is 19.5 Å². The average molecular weight is 522 g/mol. The lowest BCUT2D eigenvalue weighted by Crippen LogP contribution is -2.26. The van der Waals surface area contributed by atoms with Crippen molar-refractivity contribution in [2.45, 2.75) is 38.6 Å². The van der Waals surface area contributed by atoms with Gasteiger partial charge in [0.25, 0.3) is 0 Å². The van der Waals surface area contributed by atoms with Crippen LogP contribution in [0.4, 0.5) is 0 Å². The Kier molecular flexibility index (Phi) is 8.52. The summed E-state index contributed by atoms with van der Waals surface area (Å²) in [6.07, 6.45) is 4.29. The highest BCUT2D eigenvalue weighted by molar-refractivity contribution is 6.31. The van der Waals surface area contributed by atoms with Crippen LogP contribution >= 0.6 is 11.6 Å². The Morgan fingerprint density at radius 2 is 1.47 bits per heavy atom. The molecule has 4 nitrogen and oxygen atoms in total. The van der Waals surface area contributed by atoms with Gasteiger partial charge in [0.1, 0.15) is 5.82 Å². The fourth-order valence-corrected chi connectivity index (χ4v) is 4.99. The molecule has 0 saturated carbocycles. The Morgan fingerprint density at radius 1 is 0.763 bits per heavy atom. The lowest BCUT2D eigenvalue weighted by Gasteiger charge is -2.11. The molecule has 5 aromatic rings. The summed E-state index contributed by atoms with van der Waals surface area (Å²) in [5.41, 5.74) is 6.61. The predicted octanol–water partition coefficient (Wildman–Crippen LogP) is 7.48. The number of rotatable bonds is 11. The van der Waals surface area contributed by atoms with E-state index in [-0.39, 0.29) is 5.91 Å². The lowest BCUT2D eigenvalue weighted by atomic mass is 10.0. The van der Waals surface area contributed by atoms with Gasteiger partial charge in [-0.15, -0.1) is 0 Å². The molecule has 0 unspecified atom stereocenters. The highest BCUT2D eigenvalue weighted by atomic mass is 35.5. The Bertz CT molecular complexity index is 1490. The van der Waals surface area contributed by atoms with Gasteiger partial charge < -0.3 is 9.88 Å². The Labute approximate surface area is 229 Å². The van der Waals surface area contributed by atoms with E-state index in [2.05, 4.69) is 58.4 Å². The third-order valence-electron chi connectivity index (χ3n) is 6.84. The Morgan fingerprint density at radius 3 is 2.29 bits per heavy atom. The van der Waals surface area contributed by atoms with Crippen molar-refractivity contribution in [3.8, 4) is 11.1 Å². The van der Waals surface area contributed by atoms with Crippen LogP contribution in [-0.4, -0.2) is 22.0 Å². The quantitative estimate of drug-likeness (QED) is 0.183. The van der Waals surface area contributed by atoms with Gasteiger partial charge in [-0.1, -0.05) is 103 Å². The van der Waals surface area contributed by atoms with Gasteiger partial charge in [0.15, 0.2) is 0 Å². The van der Waals surface area contributed by atoms with Crippen molar-refractivity contribution >= 4 is 28.5 Å². The highest BCUT2D eigenvalue weighted by Crippen LogP contribution is 2.23. The third-order valence-corrected chi connectivity index (χ3v) is 7.21. The van der Waals surface area contributed by atoms with E-state index in [1.165, 1.54) is 5.56 Å².